The highest BCUT2D eigenvalue weighted by molar-refractivity contribution is 6.30. The molecule has 0 radical (unpaired) electrons. The van der Waals surface area contributed by atoms with Crippen LogP contribution in [0.3, 0.4) is 0 Å². The van der Waals surface area contributed by atoms with E-state index >= 15 is 0 Å². The number of carbonyl (C=O) groups is 1. The van der Waals surface area contributed by atoms with Gasteiger partial charge in [0.1, 0.15) is 5.82 Å². The number of carbonyl (C=O) groups excluding carboxylic acids is 1. The molecule has 0 unspecified atom stereocenters. The Morgan fingerprint density at radius 1 is 1.56 bits per heavy atom. The summed E-state index contributed by atoms with van der Waals surface area (Å²) in [6.07, 6.45) is 0.966. The summed E-state index contributed by atoms with van der Waals surface area (Å²) in [6, 6.07) is 5.84. The second-order valence-electron chi connectivity index (χ2n) is 3.15. The zero-order chi connectivity index (χ0) is 12.0. The monoisotopic (exact) mass is 240 g/mol. The van der Waals surface area contributed by atoms with Crippen molar-refractivity contribution in [2.75, 3.05) is 6.54 Å². The Morgan fingerprint density at radius 3 is 2.94 bits per heavy atom. The van der Waals surface area contributed by atoms with Crippen molar-refractivity contribution in [3.05, 3.63) is 34.6 Å². The van der Waals surface area contributed by atoms with Crippen LogP contribution in [0.2, 0.25) is 5.02 Å². The Kier molecular flexibility index (Phi) is 4.74. The van der Waals surface area contributed by atoms with E-state index < -0.39 is 5.82 Å². The minimum atomic E-state index is -0.619. The predicted molar refractivity (Wildman–Crippen MR) is 58.6 cm³/mol. The smallest absolute Gasteiger partial charge is 0.251 e. The van der Waals surface area contributed by atoms with Gasteiger partial charge in [0.2, 0.25) is 0 Å². The molecule has 3 nitrogen and oxygen atoms in total. The van der Waals surface area contributed by atoms with Gasteiger partial charge in [-0.25, -0.2) is 4.39 Å². The molecule has 84 valence electrons. The van der Waals surface area contributed by atoms with Crippen molar-refractivity contribution in [2.24, 2.45) is 0 Å². The molecule has 1 rings (SSSR count). The van der Waals surface area contributed by atoms with Crippen molar-refractivity contribution in [2.45, 2.75) is 12.8 Å². The maximum Gasteiger partial charge on any atom is 0.251 e. The molecule has 1 aromatic rings. The predicted octanol–water partition coefficient (Wildman–Crippen LogP) is 2.51. The summed E-state index contributed by atoms with van der Waals surface area (Å²) in [5, 5.41) is 10.9. The Labute approximate surface area is 97.8 Å². The highest BCUT2D eigenvalue weighted by Gasteiger charge is 2.07. The van der Waals surface area contributed by atoms with Gasteiger partial charge in [0, 0.05) is 18.5 Å². The number of nitrogens with zero attached hydrogens (tertiary/aromatic N) is 1. The summed E-state index contributed by atoms with van der Waals surface area (Å²) in [6.45, 7) is 0.399. The van der Waals surface area contributed by atoms with Crippen LogP contribution in [0.15, 0.2) is 18.2 Å². The number of hydrogen-bond donors (Lipinski definition) is 1. The minimum absolute atomic E-state index is 0.0129. The van der Waals surface area contributed by atoms with Crippen molar-refractivity contribution >= 4 is 17.5 Å². The van der Waals surface area contributed by atoms with Crippen LogP contribution in [0.25, 0.3) is 0 Å². The van der Waals surface area contributed by atoms with E-state index in [2.05, 4.69) is 5.32 Å². The molecule has 0 saturated carbocycles. The third-order valence-electron chi connectivity index (χ3n) is 1.93. The summed E-state index contributed by atoms with van der Waals surface area (Å²) in [7, 11) is 0. The number of nitriles is 1. The molecule has 1 aromatic carbocycles. The lowest BCUT2D eigenvalue weighted by Crippen LogP contribution is -2.24. The lowest BCUT2D eigenvalue weighted by molar-refractivity contribution is 0.0953. The summed E-state index contributed by atoms with van der Waals surface area (Å²) >= 11 is 5.49. The van der Waals surface area contributed by atoms with Gasteiger partial charge in [0.25, 0.3) is 5.91 Å². The largest absolute Gasteiger partial charge is 0.352 e. The van der Waals surface area contributed by atoms with Crippen LogP contribution in [0.1, 0.15) is 23.2 Å². The Hall–Kier alpha value is -1.60. The lowest BCUT2D eigenvalue weighted by atomic mass is 10.2. The molecule has 0 fully saturated rings. The molecule has 0 atom stereocenters. The van der Waals surface area contributed by atoms with E-state index in [4.69, 9.17) is 16.9 Å². The fourth-order valence-corrected chi connectivity index (χ4v) is 1.23. The van der Waals surface area contributed by atoms with Gasteiger partial charge < -0.3 is 5.32 Å². The number of rotatable bonds is 4. The first-order valence-corrected chi connectivity index (χ1v) is 5.13. The zero-order valence-corrected chi connectivity index (χ0v) is 9.22. The summed E-state index contributed by atoms with van der Waals surface area (Å²) in [5.41, 5.74) is 0.221. The normalized spacial score (nSPS) is 9.56. The molecule has 0 aliphatic carbocycles. The van der Waals surface area contributed by atoms with Gasteiger partial charge in [0.15, 0.2) is 0 Å². The van der Waals surface area contributed by atoms with Gasteiger partial charge in [-0.3, -0.25) is 4.79 Å². The van der Waals surface area contributed by atoms with E-state index in [0.29, 0.717) is 19.4 Å². The van der Waals surface area contributed by atoms with Crippen molar-refractivity contribution in [3.63, 3.8) is 0 Å². The van der Waals surface area contributed by atoms with Crippen molar-refractivity contribution in [1.82, 2.24) is 5.32 Å². The van der Waals surface area contributed by atoms with Gasteiger partial charge in [-0.2, -0.15) is 5.26 Å². The number of benzene rings is 1. The highest BCUT2D eigenvalue weighted by Crippen LogP contribution is 2.15. The molecule has 0 aliphatic heterocycles. The van der Waals surface area contributed by atoms with Crippen molar-refractivity contribution in [1.29, 1.82) is 5.26 Å². The molecule has 0 heterocycles. The molecule has 1 N–H and O–H groups in total. The molecular weight excluding hydrogens is 231 g/mol. The SMILES string of the molecule is N#CCCCNC(=O)c1ccc(Cl)c(F)c1. The van der Waals surface area contributed by atoms with E-state index in [-0.39, 0.29) is 16.5 Å². The van der Waals surface area contributed by atoms with Gasteiger partial charge in [0.05, 0.1) is 11.1 Å². The number of halogens is 2. The Morgan fingerprint density at radius 2 is 2.31 bits per heavy atom. The minimum Gasteiger partial charge on any atom is -0.352 e. The first-order valence-electron chi connectivity index (χ1n) is 4.75. The standard InChI is InChI=1S/C11H10ClFN2O/c12-9-4-3-8(7-10(9)13)11(16)15-6-2-1-5-14/h3-4,7H,1-2,6H2,(H,15,16). The first kappa shape index (κ1) is 12.5. The third-order valence-corrected chi connectivity index (χ3v) is 2.24. The topological polar surface area (TPSA) is 52.9 Å². The molecule has 0 spiro atoms. The van der Waals surface area contributed by atoms with Gasteiger partial charge in [-0.1, -0.05) is 11.6 Å². The van der Waals surface area contributed by atoms with Crippen LogP contribution in [0.5, 0.6) is 0 Å². The lowest BCUT2D eigenvalue weighted by Gasteiger charge is -2.04. The fraction of sp³-hybridized carbons (Fsp3) is 0.273. The van der Waals surface area contributed by atoms with Crippen molar-refractivity contribution < 1.29 is 9.18 Å². The summed E-state index contributed by atoms with van der Waals surface area (Å²) in [5.74, 6) is -0.986. The molecule has 1 amide bonds. The Balaban J connectivity index is 2.53. The summed E-state index contributed by atoms with van der Waals surface area (Å²) in [4.78, 5) is 11.5. The van der Waals surface area contributed by atoms with Crippen LogP contribution in [-0.4, -0.2) is 12.5 Å². The molecular formula is C11H10ClFN2O. The number of unbranched alkanes of at least 4 members (excludes halogenated alkanes) is 1. The average molecular weight is 241 g/mol. The van der Waals surface area contributed by atoms with Crippen LogP contribution < -0.4 is 5.32 Å². The second kappa shape index (κ2) is 6.09. The molecule has 16 heavy (non-hydrogen) atoms. The van der Waals surface area contributed by atoms with E-state index in [1.807, 2.05) is 6.07 Å². The summed E-state index contributed by atoms with van der Waals surface area (Å²) < 4.78 is 13.0. The number of hydrogen-bond acceptors (Lipinski definition) is 2. The van der Waals surface area contributed by atoms with Gasteiger partial charge in [-0.15, -0.1) is 0 Å². The quantitative estimate of drug-likeness (QED) is 0.823. The van der Waals surface area contributed by atoms with Crippen LogP contribution in [0, 0.1) is 17.1 Å². The molecule has 0 aliphatic rings. The van der Waals surface area contributed by atoms with E-state index in [1.54, 1.807) is 0 Å². The van der Waals surface area contributed by atoms with Gasteiger partial charge in [-0.05, 0) is 24.6 Å². The average Bonchev–Trinajstić information content (AvgIpc) is 2.28. The van der Waals surface area contributed by atoms with E-state index in [1.165, 1.54) is 12.1 Å². The third kappa shape index (κ3) is 3.52. The molecule has 0 saturated heterocycles. The van der Waals surface area contributed by atoms with Crippen molar-refractivity contribution in [3.8, 4) is 6.07 Å². The fourth-order valence-electron chi connectivity index (χ4n) is 1.11. The van der Waals surface area contributed by atoms with E-state index in [9.17, 15) is 9.18 Å². The number of nitrogens with one attached hydrogen (secondary N) is 1. The maximum absolute atomic E-state index is 13.0. The van der Waals surface area contributed by atoms with Gasteiger partial charge >= 0.3 is 0 Å². The first-order chi connectivity index (χ1) is 7.65. The number of amides is 1. The second-order valence-corrected chi connectivity index (χ2v) is 3.55. The highest BCUT2D eigenvalue weighted by atomic mass is 35.5. The molecule has 0 bridgehead atoms. The van der Waals surface area contributed by atoms with Crippen LogP contribution in [0.4, 0.5) is 4.39 Å². The Bertz CT molecular complexity index is 428. The van der Waals surface area contributed by atoms with E-state index in [0.717, 1.165) is 6.07 Å². The van der Waals surface area contributed by atoms with Crippen LogP contribution in [-0.2, 0) is 0 Å². The maximum atomic E-state index is 13.0. The molecule has 0 aromatic heterocycles. The van der Waals surface area contributed by atoms with Crippen LogP contribution >= 0.6 is 11.6 Å². The molecule has 5 heteroatoms. The zero-order valence-electron chi connectivity index (χ0n) is 8.46.